The van der Waals surface area contributed by atoms with Gasteiger partial charge >= 0.3 is 6.18 Å². The summed E-state index contributed by atoms with van der Waals surface area (Å²) in [6.07, 6.45) is -2.80. The number of halogens is 4. The molecule has 2 atom stereocenters. The summed E-state index contributed by atoms with van der Waals surface area (Å²) in [5.74, 6) is -1.59. The molecule has 13 nitrogen and oxygen atoms in total. The molecule has 0 saturated carbocycles. The number of rotatable bonds is 17. The molecule has 4 amide bonds. The molecule has 378 valence electrons. The summed E-state index contributed by atoms with van der Waals surface area (Å²) in [5, 5.41) is 17.9. The second-order valence-corrected chi connectivity index (χ2v) is 20.6. The van der Waals surface area contributed by atoms with Gasteiger partial charge in [-0.15, -0.1) is 11.3 Å². The van der Waals surface area contributed by atoms with Gasteiger partial charge in [-0.25, -0.2) is 9.37 Å². The molecule has 5 aromatic rings. The average molecular weight is 1030 g/mol. The van der Waals surface area contributed by atoms with E-state index in [0.717, 1.165) is 52.1 Å². The lowest BCUT2D eigenvalue weighted by atomic mass is 9.86. The molecule has 0 aliphatic carbocycles. The molecule has 4 aromatic carbocycles. The molecule has 1 unspecified atom stereocenters. The van der Waals surface area contributed by atoms with Crippen LogP contribution in [0.25, 0.3) is 21.6 Å². The number of aromatic nitrogens is 1. The number of hydrogen-bond donors (Lipinski definition) is 3. The second-order valence-electron chi connectivity index (χ2n) is 19.4. The van der Waals surface area contributed by atoms with E-state index in [0.29, 0.717) is 42.5 Å². The third kappa shape index (κ3) is 12.1. The minimum absolute atomic E-state index is 0.0476. The summed E-state index contributed by atoms with van der Waals surface area (Å²) < 4.78 is 63.1. The van der Waals surface area contributed by atoms with Gasteiger partial charge in [-0.05, 0) is 129 Å². The number of ether oxygens (including phenoxy) is 1. The van der Waals surface area contributed by atoms with Gasteiger partial charge in [-0.2, -0.15) is 18.4 Å². The predicted octanol–water partition coefficient (Wildman–Crippen LogP) is 9.32. The highest BCUT2D eigenvalue weighted by atomic mass is 32.1. The smallest absolute Gasteiger partial charge is 0.417 e. The lowest BCUT2D eigenvalue weighted by Gasteiger charge is -2.36. The van der Waals surface area contributed by atoms with Gasteiger partial charge in [0, 0.05) is 25.6 Å². The number of nitrogens with zero attached hydrogens (tertiary/aromatic N) is 5. The largest absolute Gasteiger partial charge is 0.494 e. The van der Waals surface area contributed by atoms with Gasteiger partial charge in [0.25, 0.3) is 5.91 Å². The highest BCUT2D eigenvalue weighted by Gasteiger charge is 2.51. The first-order valence-corrected chi connectivity index (χ1v) is 24.8. The van der Waals surface area contributed by atoms with Gasteiger partial charge in [-0.3, -0.25) is 29.0 Å². The highest BCUT2D eigenvalue weighted by molar-refractivity contribution is 7.81. The Balaban J connectivity index is 0.849. The number of nitrogens with one attached hydrogen (secondary N) is 3. The molecule has 3 heterocycles. The molecule has 72 heavy (non-hydrogen) atoms. The number of carbonyl (C=O) groups is 4. The zero-order chi connectivity index (χ0) is 52.1. The third-order valence-corrected chi connectivity index (χ3v) is 14.2. The Morgan fingerprint density at radius 1 is 0.958 bits per heavy atom. The quantitative estimate of drug-likeness (QED) is 0.0466. The van der Waals surface area contributed by atoms with E-state index in [1.165, 1.54) is 43.0 Å². The van der Waals surface area contributed by atoms with E-state index < -0.39 is 34.6 Å². The van der Waals surface area contributed by atoms with Gasteiger partial charge in [0.05, 0.1) is 63.8 Å². The molecular weight excluding hydrogens is 969 g/mol. The normalized spacial score (nSPS) is 16.4. The van der Waals surface area contributed by atoms with E-state index in [1.807, 2.05) is 57.5 Å². The fraction of sp³-hybridized carbons (Fsp3) is 0.377. The predicted molar refractivity (Wildman–Crippen MR) is 272 cm³/mol. The standard InChI is InChI=1S/C53H56F4N8O5S2/c1-32-47(72-31-61-32)35-13-11-33(12-14-35)28-60-48(68)43-9-7-23-63(43)30-44(51(2,3)4)62-46(67)29-59-45(66)10-8-24-70-39-20-16-34(17-21-39)36-18-22-42(41(54)25-36)65-50(71)64(49(69)52(65,5)6)38-19-15-37(27-58)40(26-38)53(55,56)57/h11-22,25-26,31,43-44H,7-10,23-24,28-30H2,1-6H3,(H,59,66)(H,60,68)(H,62,67)/t43-,44?/m0/s1. The topological polar surface area (TPSA) is 160 Å². The molecule has 3 N–H and O–H groups in total. The van der Waals surface area contributed by atoms with Crippen molar-refractivity contribution in [2.45, 2.75) is 97.6 Å². The zero-order valence-electron chi connectivity index (χ0n) is 40.8. The number of aryl methyl sites for hydroxylation is 1. The Morgan fingerprint density at radius 3 is 2.29 bits per heavy atom. The van der Waals surface area contributed by atoms with Gasteiger partial charge in [0.1, 0.15) is 17.1 Å². The fourth-order valence-electron chi connectivity index (χ4n) is 8.75. The maximum absolute atomic E-state index is 15.9. The van der Waals surface area contributed by atoms with Crippen LogP contribution in [-0.2, 0) is 31.9 Å². The van der Waals surface area contributed by atoms with Crippen molar-refractivity contribution in [3.8, 4) is 33.4 Å². The van der Waals surface area contributed by atoms with Crippen LogP contribution in [0.3, 0.4) is 0 Å². The van der Waals surface area contributed by atoms with Crippen LogP contribution in [-0.4, -0.2) is 82.5 Å². The first-order chi connectivity index (χ1) is 34.1. The van der Waals surface area contributed by atoms with Crippen LogP contribution < -0.4 is 30.5 Å². The molecule has 2 saturated heterocycles. The summed E-state index contributed by atoms with van der Waals surface area (Å²) >= 11 is 7.16. The summed E-state index contributed by atoms with van der Waals surface area (Å²) in [5.41, 5.74) is 2.13. The molecule has 0 spiro atoms. The van der Waals surface area contributed by atoms with Gasteiger partial charge < -0.3 is 25.6 Å². The molecule has 2 aliphatic heterocycles. The van der Waals surface area contributed by atoms with Gasteiger partial charge in [0.15, 0.2) is 5.11 Å². The minimum Gasteiger partial charge on any atom is -0.494 e. The van der Waals surface area contributed by atoms with E-state index >= 15 is 4.39 Å². The summed E-state index contributed by atoms with van der Waals surface area (Å²) in [6.45, 7) is 12.7. The van der Waals surface area contributed by atoms with Crippen molar-refractivity contribution >= 4 is 63.7 Å². The van der Waals surface area contributed by atoms with E-state index in [2.05, 4.69) is 25.8 Å². The maximum atomic E-state index is 15.9. The lowest BCUT2D eigenvalue weighted by Crippen LogP contribution is -2.55. The van der Waals surface area contributed by atoms with Gasteiger partial charge in [0.2, 0.25) is 17.7 Å². The Bertz CT molecular complexity index is 2880. The van der Waals surface area contributed by atoms with Crippen molar-refractivity contribution in [2.75, 3.05) is 36.0 Å². The van der Waals surface area contributed by atoms with Crippen molar-refractivity contribution in [3.63, 3.8) is 0 Å². The number of amides is 4. The first kappa shape index (κ1) is 53.1. The number of thiazole rings is 1. The SMILES string of the molecule is Cc1ncsc1-c1ccc(CNC(=O)[C@@H]2CCCN2CC(NC(=O)CNC(=O)CCCOc2ccc(-c3ccc(N4C(=S)N(c5ccc(C#N)c(C(F)(F)F)c5)C(=O)C4(C)C)c(F)c3)cc2)C(C)(C)C)cc1. The van der Waals surface area contributed by atoms with Crippen LogP contribution in [0.1, 0.15) is 82.7 Å². The van der Waals surface area contributed by atoms with Gasteiger partial charge in [-0.1, -0.05) is 63.2 Å². The number of anilines is 2. The summed E-state index contributed by atoms with van der Waals surface area (Å²) in [7, 11) is 0. The second kappa shape index (κ2) is 21.9. The van der Waals surface area contributed by atoms with Crippen molar-refractivity contribution in [1.29, 1.82) is 5.26 Å². The molecule has 19 heteroatoms. The van der Waals surface area contributed by atoms with Crippen LogP contribution in [0, 0.1) is 29.5 Å². The van der Waals surface area contributed by atoms with Crippen molar-refractivity contribution in [3.05, 3.63) is 119 Å². The van der Waals surface area contributed by atoms with Crippen LogP contribution >= 0.6 is 23.6 Å². The monoisotopic (exact) mass is 1020 g/mol. The highest BCUT2D eigenvalue weighted by Crippen LogP contribution is 2.41. The van der Waals surface area contributed by atoms with Crippen LogP contribution in [0.5, 0.6) is 5.75 Å². The van der Waals surface area contributed by atoms with E-state index in [4.69, 9.17) is 17.0 Å². The zero-order valence-corrected chi connectivity index (χ0v) is 42.4. The lowest BCUT2D eigenvalue weighted by molar-refractivity contribution is -0.138. The van der Waals surface area contributed by atoms with E-state index in [9.17, 15) is 37.6 Å². The minimum atomic E-state index is -4.87. The van der Waals surface area contributed by atoms with Crippen molar-refractivity contribution in [2.24, 2.45) is 5.41 Å². The molecule has 0 radical (unpaired) electrons. The van der Waals surface area contributed by atoms with Crippen LogP contribution in [0.4, 0.5) is 28.9 Å². The molecule has 7 rings (SSSR count). The number of hydrogen-bond acceptors (Lipinski definition) is 10. The fourth-order valence-corrected chi connectivity index (χ4v) is 10.1. The van der Waals surface area contributed by atoms with Crippen molar-refractivity contribution in [1.82, 2.24) is 25.8 Å². The Morgan fingerprint density at radius 2 is 1.65 bits per heavy atom. The Hall–Kier alpha value is -6.75. The molecular formula is C53H56F4N8O5S2. The molecule has 1 aromatic heterocycles. The number of likely N-dealkylation sites (tertiary alicyclic amines) is 1. The Kier molecular flexibility index (Phi) is 16.2. The van der Waals surface area contributed by atoms with E-state index in [-0.39, 0.29) is 71.3 Å². The Labute approximate surface area is 425 Å². The number of alkyl halides is 3. The number of carbonyl (C=O) groups excluding carboxylic acids is 4. The van der Waals surface area contributed by atoms with Crippen molar-refractivity contribution < 1.29 is 41.5 Å². The van der Waals surface area contributed by atoms with Crippen LogP contribution in [0.2, 0.25) is 0 Å². The number of nitriles is 1. The first-order valence-electron chi connectivity index (χ1n) is 23.5. The number of thiocarbonyl (C=S) groups is 1. The summed E-state index contributed by atoms with van der Waals surface area (Å²) in [6, 6.07) is 23.0. The molecule has 2 aliphatic rings. The van der Waals surface area contributed by atoms with Crippen LogP contribution in [0.15, 0.2) is 90.4 Å². The molecule has 2 fully saturated rings. The number of benzene rings is 4. The summed E-state index contributed by atoms with van der Waals surface area (Å²) in [4.78, 5) is 62.7. The maximum Gasteiger partial charge on any atom is 0.417 e. The third-order valence-electron chi connectivity index (χ3n) is 12.9. The average Bonchev–Trinajstić information content (AvgIpc) is 4.04. The van der Waals surface area contributed by atoms with E-state index in [1.54, 1.807) is 41.7 Å². The molecule has 0 bridgehead atoms.